The molecule has 0 saturated heterocycles. The van der Waals surface area contributed by atoms with Crippen molar-refractivity contribution in [3.8, 4) is 11.1 Å². The SMILES string of the molecule is O=S(=O)([O-])c1ccc2c(c1)[Te](I)(I)c1ccccc1-2. The van der Waals surface area contributed by atoms with Crippen LogP contribution < -0.4 is 7.22 Å². The van der Waals surface area contributed by atoms with Crippen molar-refractivity contribution in [3.05, 3.63) is 42.5 Å². The molecule has 0 radical (unpaired) electrons. The molecule has 0 fully saturated rings. The predicted octanol–water partition coefficient (Wildman–Crippen LogP) is 2.00. The normalized spacial score (nSPS) is 17.6. The standard InChI is InChI=1S/C12H8I2O3STe/c13-19(14)11-4-2-1-3-9(11)10-6-5-8(7-12(10)19)18(15,16)17/h1-7H,(H,15,16,17)/p-1. The average molecular weight is 613 g/mol. The summed E-state index contributed by atoms with van der Waals surface area (Å²) in [4.78, 5) is -0.122. The summed E-state index contributed by atoms with van der Waals surface area (Å²) in [5.41, 5.74) is 2.25. The first-order valence-electron chi connectivity index (χ1n) is 5.24. The van der Waals surface area contributed by atoms with Crippen molar-refractivity contribution in [2.24, 2.45) is 0 Å². The van der Waals surface area contributed by atoms with Crippen molar-refractivity contribution in [1.82, 2.24) is 0 Å². The Bertz CT molecular complexity index is 787. The van der Waals surface area contributed by atoms with Crippen LogP contribution in [-0.4, -0.2) is 23.3 Å². The molecule has 0 atom stereocenters. The van der Waals surface area contributed by atoms with Crippen LogP contribution in [0, 0.1) is 0 Å². The van der Waals surface area contributed by atoms with E-state index in [1.807, 2.05) is 12.1 Å². The molecule has 0 aromatic heterocycles. The fraction of sp³-hybridized carbons (Fsp3) is 0. The summed E-state index contributed by atoms with van der Waals surface area (Å²) in [7, 11) is -6.94. The molecule has 3 nitrogen and oxygen atoms in total. The zero-order valence-corrected chi connectivity index (χ0v) is 16.8. The number of benzene rings is 2. The van der Waals surface area contributed by atoms with Gasteiger partial charge in [0.1, 0.15) is 0 Å². The molecule has 1 aliphatic rings. The second-order valence-electron chi connectivity index (χ2n) is 4.08. The Kier molecular flexibility index (Phi) is 3.68. The predicted molar refractivity (Wildman–Crippen MR) is 92.9 cm³/mol. The second-order valence-corrected chi connectivity index (χ2v) is 39.7. The molecule has 1 heterocycles. The van der Waals surface area contributed by atoms with Gasteiger partial charge in [-0.05, 0) is 0 Å². The molecule has 0 bridgehead atoms. The van der Waals surface area contributed by atoms with Gasteiger partial charge >= 0.3 is 136 Å². The first kappa shape index (κ1) is 14.5. The minimum absolute atomic E-state index is 0.122. The van der Waals surface area contributed by atoms with Crippen LogP contribution in [-0.2, 0) is 10.1 Å². The van der Waals surface area contributed by atoms with E-state index in [1.165, 1.54) is 15.2 Å². The van der Waals surface area contributed by atoms with E-state index < -0.39 is 20.4 Å². The van der Waals surface area contributed by atoms with Crippen LogP contribution in [0.3, 0.4) is 0 Å². The Morgan fingerprint density at radius 2 is 1.58 bits per heavy atom. The Hall–Kier alpha value is 0.600. The van der Waals surface area contributed by atoms with Crippen LogP contribution >= 0.6 is 37.4 Å². The first-order chi connectivity index (χ1) is 8.82. The Labute approximate surface area is 134 Å². The molecule has 0 aliphatic carbocycles. The summed E-state index contributed by atoms with van der Waals surface area (Å²) in [6.45, 7) is 0. The molecule has 3 rings (SSSR count). The van der Waals surface area contributed by atoms with Gasteiger partial charge in [0.2, 0.25) is 0 Å². The van der Waals surface area contributed by atoms with Crippen molar-refractivity contribution in [1.29, 1.82) is 0 Å². The summed E-state index contributed by atoms with van der Waals surface area (Å²) in [6, 6.07) is 12.9. The maximum atomic E-state index is 11.2. The number of fused-ring (bicyclic) bond motifs is 3. The van der Waals surface area contributed by atoms with E-state index >= 15 is 0 Å². The first-order valence-corrected chi connectivity index (χ1v) is 22.6. The van der Waals surface area contributed by atoms with E-state index in [4.69, 9.17) is 0 Å². The van der Waals surface area contributed by atoms with Gasteiger partial charge in [-0.2, -0.15) is 0 Å². The number of hydrogen-bond donors (Lipinski definition) is 0. The van der Waals surface area contributed by atoms with Gasteiger partial charge in [0.05, 0.1) is 0 Å². The molecule has 0 saturated carbocycles. The molecule has 0 spiro atoms. The molecule has 2 aromatic rings. The summed E-state index contributed by atoms with van der Waals surface area (Å²) in [5.74, 6) is 0. The van der Waals surface area contributed by atoms with Gasteiger partial charge in [0, 0.05) is 0 Å². The Balaban J connectivity index is 2.33. The number of rotatable bonds is 1. The van der Waals surface area contributed by atoms with Crippen molar-refractivity contribution in [2.45, 2.75) is 4.90 Å². The van der Waals surface area contributed by atoms with Gasteiger partial charge in [0.15, 0.2) is 0 Å². The molecule has 7 heteroatoms. The summed E-state index contributed by atoms with van der Waals surface area (Å²) >= 11 is 4.95. The Morgan fingerprint density at radius 3 is 2.26 bits per heavy atom. The molecule has 0 unspecified atom stereocenters. The van der Waals surface area contributed by atoms with E-state index in [0.717, 1.165) is 9.17 Å². The fourth-order valence-corrected chi connectivity index (χ4v) is 17.7. The molecular weight excluding hydrogens is 606 g/mol. The molecule has 2 aromatic carbocycles. The van der Waals surface area contributed by atoms with Gasteiger partial charge in [-0.1, -0.05) is 0 Å². The van der Waals surface area contributed by atoms with Gasteiger partial charge in [-0.15, -0.1) is 0 Å². The van der Waals surface area contributed by atoms with Crippen molar-refractivity contribution >= 4 is 65.0 Å². The van der Waals surface area contributed by atoms with E-state index in [9.17, 15) is 13.0 Å². The van der Waals surface area contributed by atoms with Crippen LogP contribution in [0.5, 0.6) is 0 Å². The zero-order valence-electron chi connectivity index (χ0n) is 9.34. The quantitative estimate of drug-likeness (QED) is 0.282. The summed E-state index contributed by atoms with van der Waals surface area (Å²) in [5, 5.41) is 0. The van der Waals surface area contributed by atoms with Gasteiger partial charge in [-0.25, -0.2) is 0 Å². The molecule has 19 heavy (non-hydrogen) atoms. The van der Waals surface area contributed by atoms with Crippen molar-refractivity contribution in [3.63, 3.8) is 0 Å². The average Bonchev–Trinajstić information content (AvgIpc) is 2.58. The van der Waals surface area contributed by atoms with E-state index in [1.54, 1.807) is 12.1 Å². The monoisotopic (exact) mass is 615 g/mol. The molecule has 100 valence electrons. The minimum atomic E-state index is -4.39. The number of halogens is 2. The third-order valence-corrected chi connectivity index (χ3v) is 21.7. The van der Waals surface area contributed by atoms with Gasteiger partial charge in [0.25, 0.3) is 0 Å². The van der Waals surface area contributed by atoms with E-state index in [2.05, 4.69) is 49.5 Å². The second kappa shape index (κ2) is 4.81. The van der Waals surface area contributed by atoms with Gasteiger partial charge in [-0.3, -0.25) is 0 Å². The van der Waals surface area contributed by atoms with Crippen LogP contribution in [0.25, 0.3) is 11.1 Å². The van der Waals surface area contributed by atoms with Crippen molar-refractivity contribution < 1.29 is 13.0 Å². The third kappa shape index (κ3) is 2.36. The van der Waals surface area contributed by atoms with Crippen LogP contribution in [0.2, 0.25) is 0 Å². The maximum absolute atomic E-state index is 11.2. The third-order valence-electron chi connectivity index (χ3n) is 2.97. The van der Waals surface area contributed by atoms with Crippen molar-refractivity contribution in [2.75, 3.05) is 0 Å². The van der Waals surface area contributed by atoms with Crippen LogP contribution in [0.15, 0.2) is 47.4 Å². The zero-order chi connectivity index (χ0) is 13.8. The van der Waals surface area contributed by atoms with Gasteiger partial charge < -0.3 is 0 Å². The summed E-state index contributed by atoms with van der Waals surface area (Å²) < 4.78 is 35.9. The topological polar surface area (TPSA) is 57.2 Å². The van der Waals surface area contributed by atoms with E-state index in [-0.39, 0.29) is 4.90 Å². The number of hydrogen-bond acceptors (Lipinski definition) is 3. The molecular formula is C12H7I2O3STe-. The molecule has 1 aliphatic heterocycles. The Morgan fingerprint density at radius 1 is 0.947 bits per heavy atom. The van der Waals surface area contributed by atoms with E-state index in [0.29, 0.717) is 0 Å². The fourth-order valence-electron chi connectivity index (χ4n) is 2.12. The summed E-state index contributed by atoms with van der Waals surface area (Å²) in [6.07, 6.45) is 0. The molecule has 0 amide bonds. The van der Waals surface area contributed by atoms with Crippen LogP contribution in [0.4, 0.5) is 0 Å². The molecule has 0 N–H and O–H groups in total. The van der Waals surface area contributed by atoms with Crippen LogP contribution in [0.1, 0.15) is 0 Å².